The van der Waals surface area contributed by atoms with Gasteiger partial charge in [0.1, 0.15) is 5.82 Å². The third-order valence-corrected chi connectivity index (χ3v) is 3.89. The fourth-order valence-electron chi connectivity index (χ4n) is 2.19. The molecular weight excluding hydrogens is 352 g/mol. The first-order chi connectivity index (χ1) is 11.1. The van der Waals surface area contributed by atoms with Crippen LogP contribution < -0.4 is 10.6 Å². The third-order valence-electron chi connectivity index (χ3n) is 3.39. The summed E-state index contributed by atoms with van der Waals surface area (Å²) in [6.07, 6.45) is 1.74. The number of aryl methyl sites for hydroxylation is 2. The van der Waals surface area contributed by atoms with Gasteiger partial charge in [-0.3, -0.25) is 0 Å². The Hall–Kier alpha value is -2.40. The lowest BCUT2D eigenvalue weighted by molar-refractivity contribution is 1.16. The first-order valence-electron chi connectivity index (χ1n) is 7.30. The number of rotatable bonds is 4. The smallest absolute Gasteiger partial charge is 0.229 e. The van der Waals surface area contributed by atoms with Crippen molar-refractivity contribution in [2.24, 2.45) is 0 Å². The van der Waals surface area contributed by atoms with Gasteiger partial charge in [0.15, 0.2) is 0 Å². The molecule has 3 rings (SSSR count). The summed E-state index contributed by atoms with van der Waals surface area (Å²) in [6.45, 7) is 4.13. The van der Waals surface area contributed by atoms with Crippen molar-refractivity contribution in [3.05, 3.63) is 70.3 Å². The minimum Gasteiger partial charge on any atom is -0.340 e. The van der Waals surface area contributed by atoms with Gasteiger partial charge in [0.25, 0.3) is 0 Å². The van der Waals surface area contributed by atoms with Crippen molar-refractivity contribution in [3.63, 3.8) is 0 Å². The molecule has 0 aliphatic heterocycles. The van der Waals surface area contributed by atoms with Crippen LogP contribution in [0, 0.1) is 13.8 Å². The summed E-state index contributed by atoms with van der Waals surface area (Å²) in [5.74, 6) is 1.31. The minimum absolute atomic E-state index is 0.568. The molecule has 23 heavy (non-hydrogen) atoms. The molecule has 5 heteroatoms. The van der Waals surface area contributed by atoms with Gasteiger partial charge in [0.05, 0.1) is 0 Å². The molecule has 0 amide bonds. The standard InChI is InChI=1S/C18H17BrN4/c1-12-6-7-13(2)16(10-12)22-18-20-9-8-17(23-18)21-15-5-3-4-14(19)11-15/h3-11H,1-2H3,(H2,20,21,22,23). The lowest BCUT2D eigenvalue weighted by Crippen LogP contribution is -2.01. The Morgan fingerprint density at radius 1 is 0.957 bits per heavy atom. The first-order valence-corrected chi connectivity index (χ1v) is 8.09. The monoisotopic (exact) mass is 368 g/mol. The summed E-state index contributed by atoms with van der Waals surface area (Å²) in [4.78, 5) is 8.81. The molecule has 0 saturated heterocycles. The lowest BCUT2D eigenvalue weighted by atomic mass is 10.1. The van der Waals surface area contributed by atoms with E-state index in [1.807, 2.05) is 30.3 Å². The van der Waals surface area contributed by atoms with Crippen LogP contribution in [0.25, 0.3) is 0 Å². The molecular formula is C18H17BrN4. The van der Waals surface area contributed by atoms with Crippen LogP contribution in [0.3, 0.4) is 0 Å². The molecule has 0 unspecified atom stereocenters. The maximum atomic E-state index is 4.52. The molecule has 0 bridgehead atoms. The van der Waals surface area contributed by atoms with Crippen molar-refractivity contribution >= 4 is 39.1 Å². The number of nitrogens with zero attached hydrogens (tertiary/aromatic N) is 2. The zero-order valence-corrected chi connectivity index (χ0v) is 14.6. The number of nitrogens with one attached hydrogen (secondary N) is 2. The average molecular weight is 369 g/mol. The van der Waals surface area contributed by atoms with E-state index in [1.165, 1.54) is 5.56 Å². The summed E-state index contributed by atoms with van der Waals surface area (Å²) >= 11 is 3.46. The zero-order chi connectivity index (χ0) is 16.2. The van der Waals surface area contributed by atoms with Crippen LogP contribution in [-0.4, -0.2) is 9.97 Å². The van der Waals surface area contributed by atoms with E-state index < -0.39 is 0 Å². The van der Waals surface area contributed by atoms with Crippen LogP contribution >= 0.6 is 15.9 Å². The number of hydrogen-bond donors (Lipinski definition) is 2. The summed E-state index contributed by atoms with van der Waals surface area (Å²) in [5, 5.41) is 6.55. The van der Waals surface area contributed by atoms with Crippen LogP contribution in [-0.2, 0) is 0 Å². The van der Waals surface area contributed by atoms with Gasteiger partial charge in [0, 0.05) is 22.0 Å². The van der Waals surface area contributed by atoms with Gasteiger partial charge in [-0.2, -0.15) is 4.98 Å². The van der Waals surface area contributed by atoms with Crippen molar-refractivity contribution in [1.82, 2.24) is 9.97 Å². The molecule has 0 fully saturated rings. The Balaban J connectivity index is 1.81. The van der Waals surface area contributed by atoms with E-state index in [-0.39, 0.29) is 0 Å². The van der Waals surface area contributed by atoms with E-state index in [1.54, 1.807) is 6.20 Å². The quantitative estimate of drug-likeness (QED) is 0.652. The molecule has 116 valence electrons. The topological polar surface area (TPSA) is 49.8 Å². The van der Waals surface area contributed by atoms with Gasteiger partial charge < -0.3 is 10.6 Å². The molecule has 0 atom stereocenters. The normalized spacial score (nSPS) is 10.4. The van der Waals surface area contributed by atoms with E-state index >= 15 is 0 Å². The Morgan fingerprint density at radius 2 is 1.83 bits per heavy atom. The molecule has 0 saturated carbocycles. The van der Waals surface area contributed by atoms with E-state index in [0.29, 0.717) is 5.95 Å². The van der Waals surface area contributed by atoms with Crippen LogP contribution in [0.5, 0.6) is 0 Å². The van der Waals surface area contributed by atoms with Crippen LogP contribution in [0.2, 0.25) is 0 Å². The Kier molecular flexibility index (Phi) is 4.57. The van der Waals surface area contributed by atoms with Gasteiger partial charge in [-0.25, -0.2) is 4.98 Å². The van der Waals surface area contributed by atoms with Crippen LogP contribution in [0.15, 0.2) is 59.2 Å². The van der Waals surface area contributed by atoms with E-state index in [2.05, 4.69) is 68.6 Å². The van der Waals surface area contributed by atoms with Crippen molar-refractivity contribution in [3.8, 4) is 0 Å². The highest BCUT2D eigenvalue weighted by Crippen LogP contribution is 2.22. The highest BCUT2D eigenvalue weighted by atomic mass is 79.9. The van der Waals surface area contributed by atoms with Crippen molar-refractivity contribution in [1.29, 1.82) is 0 Å². The number of benzene rings is 2. The highest BCUT2D eigenvalue weighted by molar-refractivity contribution is 9.10. The maximum absolute atomic E-state index is 4.52. The Bertz CT molecular complexity index is 833. The fraction of sp³-hybridized carbons (Fsp3) is 0.111. The van der Waals surface area contributed by atoms with E-state index in [0.717, 1.165) is 27.2 Å². The average Bonchev–Trinajstić information content (AvgIpc) is 2.51. The second-order valence-corrected chi connectivity index (χ2v) is 6.26. The molecule has 1 aromatic heterocycles. The molecule has 0 radical (unpaired) electrons. The highest BCUT2D eigenvalue weighted by Gasteiger charge is 2.04. The lowest BCUT2D eigenvalue weighted by Gasteiger charge is -2.11. The summed E-state index contributed by atoms with van der Waals surface area (Å²) in [7, 11) is 0. The molecule has 1 heterocycles. The maximum Gasteiger partial charge on any atom is 0.229 e. The number of hydrogen-bond acceptors (Lipinski definition) is 4. The predicted molar refractivity (Wildman–Crippen MR) is 98.7 cm³/mol. The summed E-state index contributed by atoms with van der Waals surface area (Å²) in [6, 6.07) is 16.1. The SMILES string of the molecule is Cc1ccc(C)c(Nc2nccc(Nc3cccc(Br)c3)n2)c1. The summed E-state index contributed by atoms with van der Waals surface area (Å²) in [5.41, 5.74) is 4.34. The zero-order valence-electron chi connectivity index (χ0n) is 13.0. The predicted octanol–water partition coefficient (Wildman–Crippen LogP) is 5.34. The second-order valence-electron chi connectivity index (χ2n) is 5.34. The molecule has 2 aromatic carbocycles. The number of aromatic nitrogens is 2. The van der Waals surface area contributed by atoms with Gasteiger partial charge in [0.2, 0.25) is 5.95 Å². The van der Waals surface area contributed by atoms with E-state index in [9.17, 15) is 0 Å². The second kappa shape index (κ2) is 6.79. The molecule has 0 aliphatic rings. The third kappa shape index (κ3) is 4.07. The van der Waals surface area contributed by atoms with Crippen LogP contribution in [0.1, 0.15) is 11.1 Å². The van der Waals surface area contributed by atoms with Crippen molar-refractivity contribution in [2.75, 3.05) is 10.6 Å². The Morgan fingerprint density at radius 3 is 2.65 bits per heavy atom. The first kappa shape index (κ1) is 15.5. The van der Waals surface area contributed by atoms with Crippen molar-refractivity contribution in [2.45, 2.75) is 13.8 Å². The van der Waals surface area contributed by atoms with Gasteiger partial charge in [-0.1, -0.05) is 34.1 Å². The van der Waals surface area contributed by atoms with Gasteiger partial charge >= 0.3 is 0 Å². The Labute approximate surface area is 144 Å². The molecule has 2 N–H and O–H groups in total. The van der Waals surface area contributed by atoms with E-state index in [4.69, 9.17) is 0 Å². The molecule has 0 spiro atoms. The number of halogens is 1. The van der Waals surface area contributed by atoms with Gasteiger partial charge in [-0.15, -0.1) is 0 Å². The van der Waals surface area contributed by atoms with Crippen molar-refractivity contribution < 1.29 is 0 Å². The number of anilines is 4. The fourth-order valence-corrected chi connectivity index (χ4v) is 2.59. The largest absolute Gasteiger partial charge is 0.340 e. The molecule has 4 nitrogen and oxygen atoms in total. The summed E-state index contributed by atoms with van der Waals surface area (Å²) < 4.78 is 1.02. The minimum atomic E-state index is 0.568. The molecule has 0 aliphatic carbocycles. The van der Waals surface area contributed by atoms with Gasteiger partial charge in [-0.05, 0) is 55.3 Å². The van der Waals surface area contributed by atoms with Crippen LogP contribution in [0.4, 0.5) is 23.1 Å². The molecule has 3 aromatic rings.